The zero-order valence-electron chi connectivity index (χ0n) is 15.2. The van der Waals surface area contributed by atoms with Crippen LogP contribution in [0.2, 0.25) is 0 Å². The van der Waals surface area contributed by atoms with Crippen molar-refractivity contribution in [2.45, 2.75) is 32.7 Å². The molecule has 0 aliphatic heterocycles. The Hall–Kier alpha value is -1.35. The van der Waals surface area contributed by atoms with E-state index >= 15 is 0 Å². The topological polar surface area (TPSA) is 63.5 Å². The molecule has 0 unspecified atom stereocenters. The molecule has 6 nitrogen and oxygen atoms in total. The van der Waals surface area contributed by atoms with Crippen molar-refractivity contribution in [2.24, 2.45) is 4.99 Å². The molecule has 0 radical (unpaired) electrons. The number of rotatable bonds is 10. The number of aryl methyl sites for hydroxylation is 1. The third-order valence-electron chi connectivity index (χ3n) is 3.83. The van der Waals surface area contributed by atoms with Gasteiger partial charge in [-0.05, 0) is 38.3 Å². The number of unbranched alkanes of at least 4 members (excludes halogenated alkanes) is 1. The third-order valence-corrected chi connectivity index (χ3v) is 3.83. The molecule has 2 N–H and O–H groups in total. The Morgan fingerprint density at radius 3 is 2.68 bits per heavy atom. The van der Waals surface area contributed by atoms with E-state index in [0.29, 0.717) is 0 Å². The molecule has 0 saturated heterocycles. The number of benzene rings is 1. The summed E-state index contributed by atoms with van der Waals surface area (Å²) >= 11 is 0. The highest BCUT2D eigenvalue weighted by Crippen LogP contribution is 2.11. The van der Waals surface area contributed by atoms with Gasteiger partial charge in [-0.15, -0.1) is 24.0 Å². The van der Waals surface area contributed by atoms with Crippen LogP contribution < -0.4 is 10.6 Å². The maximum absolute atomic E-state index is 5.33. The van der Waals surface area contributed by atoms with E-state index in [4.69, 9.17) is 4.74 Å². The number of para-hydroxylation sites is 2. The van der Waals surface area contributed by atoms with Gasteiger partial charge in [0, 0.05) is 39.9 Å². The minimum Gasteiger partial charge on any atom is -0.382 e. The van der Waals surface area contributed by atoms with Crippen molar-refractivity contribution >= 4 is 41.0 Å². The van der Waals surface area contributed by atoms with Crippen molar-refractivity contribution in [3.63, 3.8) is 0 Å². The van der Waals surface area contributed by atoms with E-state index in [9.17, 15) is 0 Å². The molecule has 0 fully saturated rings. The van der Waals surface area contributed by atoms with Gasteiger partial charge >= 0.3 is 0 Å². The van der Waals surface area contributed by atoms with E-state index in [0.717, 1.165) is 63.6 Å². The Bertz CT molecular complexity index is 629. The first-order chi connectivity index (χ1) is 11.8. The van der Waals surface area contributed by atoms with Gasteiger partial charge in [-0.25, -0.2) is 4.98 Å². The summed E-state index contributed by atoms with van der Waals surface area (Å²) in [5, 5.41) is 6.69. The number of guanidine groups is 1. The van der Waals surface area contributed by atoms with Gasteiger partial charge < -0.3 is 19.9 Å². The number of fused-ring (bicyclic) bond motifs is 1. The average Bonchev–Trinajstić information content (AvgIpc) is 3.03. The summed E-state index contributed by atoms with van der Waals surface area (Å²) in [6.07, 6.45) is 5.09. The summed E-state index contributed by atoms with van der Waals surface area (Å²) in [5.74, 6) is 0.863. The van der Waals surface area contributed by atoms with Crippen LogP contribution in [0.1, 0.15) is 26.2 Å². The number of hydrogen-bond acceptors (Lipinski definition) is 3. The Morgan fingerprint density at radius 1 is 1.16 bits per heavy atom. The van der Waals surface area contributed by atoms with Gasteiger partial charge in [0.25, 0.3) is 0 Å². The highest BCUT2D eigenvalue weighted by atomic mass is 127. The Balaban J connectivity index is 0.00000312. The molecule has 0 amide bonds. The van der Waals surface area contributed by atoms with Crippen LogP contribution >= 0.6 is 24.0 Å². The van der Waals surface area contributed by atoms with Crippen LogP contribution in [0.5, 0.6) is 0 Å². The number of aromatic nitrogens is 2. The van der Waals surface area contributed by atoms with Crippen LogP contribution in [0.25, 0.3) is 11.0 Å². The van der Waals surface area contributed by atoms with Crippen molar-refractivity contribution in [1.29, 1.82) is 0 Å². The molecule has 0 aliphatic rings. The minimum atomic E-state index is 0. The number of nitrogens with zero attached hydrogens (tertiary/aromatic N) is 3. The standard InChI is InChI=1S/C18H29N5O.HI/c1-3-24-14-7-6-11-20-18(19-2)21-12-8-13-23-15-22-16-9-4-5-10-17(16)23;/h4-5,9-10,15H,3,6-8,11-14H2,1-2H3,(H2,19,20,21);1H. The van der Waals surface area contributed by atoms with E-state index in [-0.39, 0.29) is 24.0 Å². The maximum atomic E-state index is 5.33. The molecule has 0 spiro atoms. The van der Waals surface area contributed by atoms with Gasteiger partial charge in [-0.2, -0.15) is 0 Å². The molecule has 0 saturated carbocycles. The van der Waals surface area contributed by atoms with Crippen LogP contribution in [0.15, 0.2) is 35.6 Å². The molecular formula is C18H30IN5O. The Kier molecular flexibility index (Phi) is 11.2. The Labute approximate surface area is 167 Å². The van der Waals surface area contributed by atoms with Gasteiger partial charge in [0.15, 0.2) is 5.96 Å². The quantitative estimate of drug-likeness (QED) is 0.248. The van der Waals surface area contributed by atoms with Gasteiger partial charge in [-0.1, -0.05) is 12.1 Å². The number of imidazole rings is 1. The largest absolute Gasteiger partial charge is 0.382 e. The van der Waals surface area contributed by atoms with Gasteiger partial charge in [-0.3, -0.25) is 4.99 Å². The first-order valence-corrected chi connectivity index (χ1v) is 8.77. The van der Waals surface area contributed by atoms with E-state index in [2.05, 4.69) is 37.3 Å². The van der Waals surface area contributed by atoms with E-state index < -0.39 is 0 Å². The summed E-state index contributed by atoms with van der Waals surface area (Å²) in [6.45, 7) is 6.39. The summed E-state index contributed by atoms with van der Waals surface area (Å²) in [6, 6.07) is 8.22. The fraction of sp³-hybridized carbons (Fsp3) is 0.556. The average molecular weight is 459 g/mol. The zero-order valence-corrected chi connectivity index (χ0v) is 17.5. The van der Waals surface area contributed by atoms with Crippen molar-refractivity contribution in [3.8, 4) is 0 Å². The maximum Gasteiger partial charge on any atom is 0.190 e. The number of aliphatic imine (C=N–C) groups is 1. The summed E-state index contributed by atoms with van der Waals surface area (Å²) in [7, 11) is 1.80. The molecular weight excluding hydrogens is 429 g/mol. The third kappa shape index (κ3) is 7.60. The van der Waals surface area contributed by atoms with Crippen molar-refractivity contribution in [1.82, 2.24) is 20.2 Å². The van der Waals surface area contributed by atoms with E-state index in [1.54, 1.807) is 7.05 Å². The lowest BCUT2D eigenvalue weighted by Gasteiger charge is -2.12. The first kappa shape index (κ1) is 21.7. The number of hydrogen-bond donors (Lipinski definition) is 2. The molecule has 2 rings (SSSR count). The lowest BCUT2D eigenvalue weighted by atomic mass is 10.3. The number of halogens is 1. The summed E-state index contributed by atoms with van der Waals surface area (Å²) in [5.41, 5.74) is 2.24. The molecule has 1 aromatic heterocycles. The van der Waals surface area contributed by atoms with E-state index in [1.165, 1.54) is 5.52 Å². The molecule has 0 atom stereocenters. The lowest BCUT2D eigenvalue weighted by Crippen LogP contribution is -2.38. The SMILES string of the molecule is CCOCCCCNC(=NC)NCCCn1cnc2ccccc21.I. The second-order valence-electron chi connectivity index (χ2n) is 5.61. The highest BCUT2D eigenvalue weighted by Gasteiger charge is 2.01. The molecule has 140 valence electrons. The van der Waals surface area contributed by atoms with Crippen molar-refractivity contribution in [2.75, 3.05) is 33.4 Å². The predicted octanol–water partition coefficient (Wildman–Crippen LogP) is 3.03. The van der Waals surface area contributed by atoms with Crippen LogP contribution in [0, 0.1) is 0 Å². The molecule has 0 bridgehead atoms. The summed E-state index contributed by atoms with van der Waals surface area (Å²) in [4.78, 5) is 8.67. The Morgan fingerprint density at radius 2 is 1.92 bits per heavy atom. The molecule has 2 aromatic rings. The number of ether oxygens (including phenoxy) is 1. The summed E-state index contributed by atoms with van der Waals surface area (Å²) < 4.78 is 7.53. The second-order valence-corrected chi connectivity index (χ2v) is 5.61. The van der Waals surface area contributed by atoms with Crippen LogP contribution in [0.3, 0.4) is 0 Å². The molecule has 7 heteroatoms. The van der Waals surface area contributed by atoms with Crippen LogP contribution in [-0.4, -0.2) is 48.9 Å². The molecule has 25 heavy (non-hydrogen) atoms. The predicted molar refractivity (Wildman–Crippen MR) is 115 cm³/mol. The first-order valence-electron chi connectivity index (χ1n) is 8.77. The molecule has 1 aromatic carbocycles. The molecule has 0 aliphatic carbocycles. The monoisotopic (exact) mass is 459 g/mol. The van der Waals surface area contributed by atoms with Crippen molar-refractivity contribution < 1.29 is 4.74 Å². The van der Waals surface area contributed by atoms with E-state index in [1.807, 2.05) is 25.4 Å². The van der Waals surface area contributed by atoms with Crippen LogP contribution in [0.4, 0.5) is 0 Å². The van der Waals surface area contributed by atoms with Gasteiger partial charge in [0.1, 0.15) is 0 Å². The lowest BCUT2D eigenvalue weighted by molar-refractivity contribution is 0.143. The molecule has 1 heterocycles. The fourth-order valence-corrected chi connectivity index (χ4v) is 2.55. The fourth-order valence-electron chi connectivity index (χ4n) is 2.55. The van der Waals surface area contributed by atoms with Gasteiger partial charge in [0.05, 0.1) is 17.4 Å². The number of nitrogens with one attached hydrogen (secondary N) is 2. The highest BCUT2D eigenvalue weighted by molar-refractivity contribution is 14.0. The second kappa shape index (κ2) is 12.9. The van der Waals surface area contributed by atoms with Gasteiger partial charge in [0.2, 0.25) is 0 Å². The van der Waals surface area contributed by atoms with Crippen molar-refractivity contribution in [3.05, 3.63) is 30.6 Å². The zero-order chi connectivity index (χ0) is 17.0. The van der Waals surface area contributed by atoms with Crippen LogP contribution in [-0.2, 0) is 11.3 Å². The smallest absolute Gasteiger partial charge is 0.190 e. The normalized spacial score (nSPS) is 11.4. The minimum absolute atomic E-state index is 0.